The van der Waals surface area contributed by atoms with Crippen molar-refractivity contribution in [1.29, 1.82) is 0 Å². The third kappa shape index (κ3) is 5.14. The number of aryl methyl sites for hydroxylation is 1. The van der Waals surface area contributed by atoms with E-state index in [-0.39, 0.29) is 11.7 Å². The third-order valence-corrected chi connectivity index (χ3v) is 4.54. The molecule has 0 radical (unpaired) electrons. The zero-order valence-corrected chi connectivity index (χ0v) is 15.0. The number of hydrogen-bond acceptors (Lipinski definition) is 3. The highest BCUT2D eigenvalue weighted by Crippen LogP contribution is 2.19. The molecule has 0 unspecified atom stereocenters. The number of halogens is 1. The number of carboxylic acids is 1. The van der Waals surface area contributed by atoms with Crippen LogP contribution < -0.4 is 5.32 Å². The molecule has 1 aromatic heterocycles. The van der Waals surface area contributed by atoms with Crippen molar-refractivity contribution in [1.82, 2.24) is 4.57 Å². The molecule has 122 valence electrons. The highest BCUT2D eigenvalue weighted by Gasteiger charge is 2.12. The standard InChI is InChI=1S/C16H17BrN2O3S/c1-2-19-8-12(17)7-14(19)16(22)18-13-5-3-4-11(6-13)9-23-10-15(20)21/h3-8H,2,9-10H2,1H3,(H,18,22)(H,20,21). The van der Waals surface area contributed by atoms with Crippen LogP contribution in [0, 0.1) is 0 Å². The van der Waals surface area contributed by atoms with Crippen molar-refractivity contribution in [2.24, 2.45) is 0 Å². The van der Waals surface area contributed by atoms with E-state index < -0.39 is 5.97 Å². The van der Waals surface area contributed by atoms with Gasteiger partial charge in [0.2, 0.25) is 0 Å². The molecule has 7 heteroatoms. The van der Waals surface area contributed by atoms with E-state index in [1.807, 2.05) is 42.0 Å². The number of nitrogens with one attached hydrogen (secondary N) is 1. The Hall–Kier alpha value is -1.73. The molecule has 0 fully saturated rings. The lowest BCUT2D eigenvalue weighted by molar-refractivity contribution is -0.133. The van der Waals surface area contributed by atoms with Crippen LogP contribution in [0.5, 0.6) is 0 Å². The number of carbonyl (C=O) groups is 2. The van der Waals surface area contributed by atoms with E-state index in [1.54, 1.807) is 6.07 Å². The molecular formula is C16H17BrN2O3S. The van der Waals surface area contributed by atoms with E-state index in [0.717, 1.165) is 10.0 Å². The number of hydrogen-bond donors (Lipinski definition) is 2. The third-order valence-electron chi connectivity index (χ3n) is 3.12. The molecule has 1 amide bonds. The second-order valence-corrected chi connectivity index (χ2v) is 6.77. The summed E-state index contributed by atoms with van der Waals surface area (Å²) in [5, 5.41) is 11.5. The summed E-state index contributed by atoms with van der Waals surface area (Å²) in [6.07, 6.45) is 1.87. The molecule has 2 aromatic rings. The maximum atomic E-state index is 12.4. The first-order chi connectivity index (χ1) is 11.0. The van der Waals surface area contributed by atoms with Gasteiger partial charge in [-0.1, -0.05) is 12.1 Å². The zero-order valence-electron chi connectivity index (χ0n) is 12.6. The molecule has 0 atom stereocenters. The maximum Gasteiger partial charge on any atom is 0.313 e. The van der Waals surface area contributed by atoms with Gasteiger partial charge < -0.3 is 15.0 Å². The number of benzene rings is 1. The van der Waals surface area contributed by atoms with Crippen LogP contribution in [-0.2, 0) is 17.1 Å². The predicted molar refractivity (Wildman–Crippen MR) is 96.0 cm³/mol. The van der Waals surface area contributed by atoms with Gasteiger partial charge in [-0.3, -0.25) is 9.59 Å². The molecule has 1 heterocycles. The molecule has 0 saturated heterocycles. The molecule has 0 bridgehead atoms. The van der Waals surface area contributed by atoms with Gasteiger partial charge in [-0.2, -0.15) is 0 Å². The Balaban J connectivity index is 2.04. The van der Waals surface area contributed by atoms with Gasteiger partial charge in [0, 0.05) is 28.7 Å². The first-order valence-electron chi connectivity index (χ1n) is 7.05. The molecule has 0 aliphatic carbocycles. The summed E-state index contributed by atoms with van der Waals surface area (Å²) in [6, 6.07) is 9.22. The van der Waals surface area contributed by atoms with Gasteiger partial charge in [-0.05, 0) is 46.6 Å². The number of carbonyl (C=O) groups excluding carboxylic acids is 1. The number of nitrogens with zero attached hydrogens (tertiary/aromatic N) is 1. The summed E-state index contributed by atoms with van der Waals surface area (Å²) < 4.78 is 2.73. The van der Waals surface area contributed by atoms with Gasteiger partial charge in [0.05, 0.1) is 5.75 Å². The Bertz CT molecular complexity index is 715. The molecule has 0 saturated carbocycles. The number of rotatable bonds is 7. The monoisotopic (exact) mass is 396 g/mol. The molecule has 23 heavy (non-hydrogen) atoms. The molecule has 1 aromatic carbocycles. The highest BCUT2D eigenvalue weighted by atomic mass is 79.9. The highest BCUT2D eigenvalue weighted by molar-refractivity contribution is 9.10. The van der Waals surface area contributed by atoms with Crippen molar-refractivity contribution in [3.63, 3.8) is 0 Å². The van der Waals surface area contributed by atoms with Crippen LogP contribution in [-0.4, -0.2) is 27.3 Å². The van der Waals surface area contributed by atoms with E-state index in [0.29, 0.717) is 23.7 Å². The van der Waals surface area contributed by atoms with Gasteiger partial charge in [0.15, 0.2) is 0 Å². The first-order valence-corrected chi connectivity index (χ1v) is 9.00. The van der Waals surface area contributed by atoms with Crippen LogP contribution in [0.3, 0.4) is 0 Å². The molecule has 2 rings (SSSR count). The van der Waals surface area contributed by atoms with Gasteiger partial charge in [0.1, 0.15) is 5.69 Å². The van der Waals surface area contributed by atoms with E-state index in [1.165, 1.54) is 11.8 Å². The predicted octanol–water partition coefficient (Wildman–Crippen LogP) is 3.84. The number of amides is 1. The normalized spacial score (nSPS) is 10.5. The van der Waals surface area contributed by atoms with E-state index in [9.17, 15) is 9.59 Å². The number of aromatic nitrogens is 1. The van der Waals surface area contributed by atoms with Crippen molar-refractivity contribution in [2.45, 2.75) is 19.2 Å². The zero-order chi connectivity index (χ0) is 16.8. The van der Waals surface area contributed by atoms with E-state index in [4.69, 9.17) is 5.11 Å². The average Bonchev–Trinajstić information content (AvgIpc) is 2.88. The van der Waals surface area contributed by atoms with Crippen molar-refractivity contribution >= 4 is 45.3 Å². The van der Waals surface area contributed by atoms with Crippen LogP contribution in [0.4, 0.5) is 5.69 Å². The van der Waals surface area contributed by atoms with E-state index in [2.05, 4.69) is 21.2 Å². The minimum absolute atomic E-state index is 0.0641. The van der Waals surface area contributed by atoms with Crippen LogP contribution in [0.2, 0.25) is 0 Å². The average molecular weight is 397 g/mol. The van der Waals surface area contributed by atoms with E-state index >= 15 is 0 Å². The largest absolute Gasteiger partial charge is 0.481 e. The fourth-order valence-electron chi connectivity index (χ4n) is 2.12. The topological polar surface area (TPSA) is 71.3 Å². The van der Waals surface area contributed by atoms with Gasteiger partial charge in [-0.15, -0.1) is 11.8 Å². The molecule has 5 nitrogen and oxygen atoms in total. The second-order valence-electron chi connectivity index (χ2n) is 4.87. The summed E-state index contributed by atoms with van der Waals surface area (Å²) >= 11 is 4.70. The fraction of sp³-hybridized carbons (Fsp3) is 0.250. The maximum absolute atomic E-state index is 12.4. The van der Waals surface area contributed by atoms with Crippen molar-refractivity contribution in [3.05, 3.63) is 52.3 Å². The Morgan fingerprint density at radius 1 is 1.35 bits per heavy atom. The van der Waals surface area contributed by atoms with Crippen molar-refractivity contribution in [2.75, 3.05) is 11.1 Å². The second kappa shape index (κ2) is 8.21. The smallest absolute Gasteiger partial charge is 0.313 e. The summed E-state index contributed by atoms with van der Waals surface area (Å²) in [7, 11) is 0. The summed E-state index contributed by atoms with van der Waals surface area (Å²) in [6.45, 7) is 2.68. The van der Waals surface area contributed by atoms with Crippen LogP contribution in [0.1, 0.15) is 23.0 Å². The SMILES string of the molecule is CCn1cc(Br)cc1C(=O)Nc1cccc(CSCC(=O)O)c1. The molecule has 0 spiro atoms. The molecular weight excluding hydrogens is 380 g/mol. The summed E-state index contributed by atoms with van der Waals surface area (Å²) in [5.41, 5.74) is 2.26. The van der Waals surface area contributed by atoms with Crippen molar-refractivity contribution < 1.29 is 14.7 Å². The van der Waals surface area contributed by atoms with Gasteiger partial charge >= 0.3 is 5.97 Å². The summed E-state index contributed by atoms with van der Waals surface area (Å²) in [5.74, 6) is -0.347. The number of aliphatic carboxylic acids is 1. The first kappa shape index (κ1) is 17.6. The Kier molecular flexibility index (Phi) is 6.29. The lowest BCUT2D eigenvalue weighted by atomic mass is 10.2. The van der Waals surface area contributed by atoms with Crippen LogP contribution >= 0.6 is 27.7 Å². The number of carboxylic acid groups (broad SMARTS) is 1. The Labute approximate surface area is 147 Å². The van der Waals surface area contributed by atoms with Gasteiger partial charge in [-0.25, -0.2) is 0 Å². The fourth-order valence-corrected chi connectivity index (χ4v) is 3.27. The number of anilines is 1. The number of thioether (sulfide) groups is 1. The van der Waals surface area contributed by atoms with Gasteiger partial charge in [0.25, 0.3) is 5.91 Å². The minimum Gasteiger partial charge on any atom is -0.481 e. The molecule has 2 N–H and O–H groups in total. The lowest BCUT2D eigenvalue weighted by Crippen LogP contribution is -2.16. The summed E-state index contributed by atoms with van der Waals surface area (Å²) in [4.78, 5) is 22.9. The Morgan fingerprint density at radius 2 is 2.13 bits per heavy atom. The van der Waals surface area contributed by atoms with Crippen molar-refractivity contribution in [3.8, 4) is 0 Å². The van der Waals surface area contributed by atoms with Crippen LogP contribution in [0.25, 0.3) is 0 Å². The Morgan fingerprint density at radius 3 is 2.83 bits per heavy atom. The molecule has 0 aliphatic heterocycles. The molecule has 0 aliphatic rings. The minimum atomic E-state index is -0.828. The van der Waals surface area contributed by atoms with Crippen LogP contribution in [0.15, 0.2) is 41.0 Å². The quantitative estimate of drug-likeness (QED) is 0.745. The lowest BCUT2D eigenvalue weighted by Gasteiger charge is -2.09.